The van der Waals surface area contributed by atoms with E-state index in [9.17, 15) is 0 Å². The van der Waals surface area contributed by atoms with Crippen molar-refractivity contribution in [2.24, 2.45) is 0 Å². The third-order valence-corrected chi connectivity index (χ3v) is 3.44. The van der Waals surface area contributed by atoms with Crippen molar-refractivity contribution in [3.8, 4) is 11.6 Å². The minimum Gasteiger partial charge on any atom is -0.439 e. The van der Waals surface area contributed by atoms with E-state index in [1.165, 1.54) is 11.1 Å². The Hall–Kier alpha value is -2.10. The molecule has 4 heteroatoms. The number of nitrogens with zero attached hydrogens (tertiary/aromatic N) is 2. The standard InChI is InChI=1S/C17H23N3O/c1-5-7-15-16(18-6-2)19-11-20-17(15)21-14-9-8-12(3)13(4)10-14/h8-11H,5-7H2,1-4H3,(H,18,19,20). The lowest BCUT2D eigenvalue weighted by Gasteiger charge is -2.14. The minimum atomic E-state index is 0.644. The largest absolute Gasteiger partial charge is 0.439 e. The van der Waals surface area contributed by atoms with Crippen LogP contribution in [0.5, 0.6) is 11.6 Å². The van der Waals surface area contributed by atoms with Crippen molar-refractivity contribution >= 4 is 5.82 Å². The average molecular weight is 285 g/mol. The summed E-state index contributed by atoms with van der Waals surface area (Å²) in [5, 5.41) is 3.28. The van der Waals surface area contributed by atoms with Crippen LogP contribution in [0.4, 0.5) is 5.82 Å². The predicted octanol–water partition coefficient (Wildman–Crippen LogP) is 4.27. The molecule has 112 valence electrons. The van der Waals surface area contributed by atoms with Crippen LogP contribution in [0.1, 0.15) is 37.0 Å². The van der Waals surface area contributed by atoms with Crippen molar-refractivity contribution in [3.05, 3.63) is 41.2 Å². The van der Waals surface area contributed by atoms with E-state index in [1.54, 1.807) is 6.33 Å². The molecular weight excluding hydrogens is 262 g/mol. The zero-order valence-corrected chi connectivity index (χ0v) is 13.2. The topological polar surface area (TPSA) is 47.0 Å². The molecule has 0 spiro atoms. The molecule has 1 aromatic carbocycles. The number of aromatic nitrogens is 2. The molecule has 1 N–H and O–H groups in total. The Morgan fingerprint density at radius 2 is 1.90 bits per heavy atom. The molecule has 1 aromatic heterocycles. The third-order valence-electron chi connectivity index (χ3n) is 3.44. The third kappa shape index (κ3) is 3.72. The molecule has 0 amide bonds. The summed E-state index contributed by atoms with van der Waals surface area (Å²) in [5.74, 6) is 2.33. The first-order chi connectivity index (χ1) is 10.2. The number of anilines is 1. The van der Waals surface area contributed by atoms with Gasteiger partial charge in [-0.2, -0.15) is 0 Å². The van der Waals surface area contributed by atoms with Crippen LogP contribution >= 0.6 is 0 Å². The van der Waals surface area contributed by atoms with Crippen LogP contribution in [0, 0.1) is 13.8 Å². The van der Waals surface area contributed by atoms with Crippen LogP contribution in [-0.2, 0) is 6.42 Å². The van der Waals surface area contributed by atoms with E-state index in [1.807, 2.05) is 12.1 Å². The fourth-order valence-electron chi connectivity index (χ4n) is 2.17. The van der Waals surface area contributed by atoms with E-state index in [0.717, 1.165) is 36.5 Å². The van der Waals surface area contributed by atoms with Gasteiger partial charge in [0.1, 0.15) is 17.9 Å². The number of nitrogens with one attached hydrogen (secondary N) is 1. The Labute approximate surface area is 126 Å². The maximum Gasteiger partial charge on any atom is 0.227 e. The molecular formula is C17H23N3O. The van der Waals surface area contributed by atoms with Crippen molar-refractivity contribution in [3.63, 3.8) is 0 Å². The summed E-state index contributed by atoms with van der Waals surface area (Å²) < 4.78 is 5.99. The molecule has 21 heavy (non-hydrogen) atoms. The molecule has 1 heterocycles. The van der Waals surface area contributed by atoms with Gasteiger partial charge in [0.2, 0.25) is 5.88 Å². The number of hydrogen-bond acceptors (Lipinski definition) is 4. The Balaban J connectivity index is 2.33. The van der Waals surface area contributed by atoms with Gasteiger partial charge in [-0.3, -0.25) is 0 Å². The molecule has 0 unspecified atom stereocenters. The van der Waals surface area contributed by atoms with Gasteiger partial charge in [0.05, 0.1) is 5.56 Å². The Morgan fingerprint density at radius 3 is 2.57 bits per heavy atom. The lowest BCUT2D eigenvalue weighted by molar-refractivity contribution is 0.454. The van der Waals surface area contributed by atoms with E-state index in [4.69, 9.17) is 4.74 Å². The van der Waals surface area contributed by atoms with Crippen molar-refractivity contribution in [1.29, 1.82) is 0 Å². The molecule has 4 nitrogen and oxygen atoms in total. The molecule has 0 bridgehead atoms. The average Bonchev–Trinajstić information content (AvgIpc) is 2.46. The first-order valence-corrected chi connectivity index (χ1v) is 7.48. The lowest BCUT2D eigenvalue weighted by atomic mass is 10.1. The van der Waals surface area contributed by atoms with E-state index < -0.39 is 0 Å². The normalized spacial score (nSPS) is 10.5. The molecule has 0 saturated heterocycles. The van der Waals surface area contributed by atoms with Crippen LogP contribution < -0.4 is 10.1 Å². The van der Waals surface area contributed by atoms with E-state index in [0.29, 0.717) is 5.88 Å². The molecule has 0 atom stereocenters. The Kier molecular flexibility index (Phi) is 5.14. The van der Waals surface area contributed by atoms with Crippen LogP contribution in [0.2, 0.25) is 0 Å². The van der Waals surface area contributed by atoms with Crippen molar-refractivity contribution in [2.45, 2.75) is 40.5 Å². The summed E-state index contributed by atoms with van der Waals surface area (Å²) >= 11 is 0. The predicted molar refractivity (Wildman–Crippen MR) is 86.2 cm³/mol. The molecule has 2 aromatic rings. The van der Waals surface area contributed by atoms with E-state index in [-0.39, 0.29) is 0 Å². The monoisotopic (exact) mass is 285 g/mol. The summed E-state index contributed by atoms with van der Waals surface area (Å²) in [4.78, 5) is 8.63. The number of rotatable bonds is 6. The second-order valence-electron chi connectivity index (χ2n) is 5.13. The maximum atomic E-state index is 5.99. The van der Waals surface area contributed by atoms with Crippen molar-refractivity contribution in [1.82, 2.24) is 9.97 Å². The van der Waals surface area contributed by atoms with Gasteiger partial charge in [0.15, 0.2) is 0 Å². The highest BCUT2D eigenvalue weighted by molar-refractivity contribution is 5.50. The number of benzene rings is 1. The van der Waals surface area contributed by atoms with Crippen LogP contribution in [0.3, 0.4) is 0 Å². The Morgan fingerprint density at radius 1 is 1.10 bits per heavy atom. The molecule has 0 saturated carbocycles. The second kappa shape index (κ2) is 7.07. The van der Waals surface area contributed by atoms with Gasteiger partial charge < -0.3 is 10.1 Å². The first-order valence-electron chi connectivity index (χ1n) is 7.48. The molecule has 0 aliphatic rings. The van der Waals surface area contributed by atoms with E-state index in [2.05, 4.69) is 49.0 Å². The van der Waals surface area contributed by atoms with E-state index >= 15 is 0 Å². The molecule has 0 radical (unpaired) electrons. The smallest absolute Gasteiger partial charge is 0.227 e. The second-order valence-corrected chi connectivity index (χ2v) is 5.13. The fraction of sp³-hybridized carbons (Fsp3) is 0.412. The zero-order valence-electron chi connectivity index (χ0n) is 13.2. The minimum absolute atomic E-state index is 0.644. The number of aryl methyl sites for hydroxylation is 2. The van der Waals surface area contributed by atoms with Gasteiger partial charge in [-0.15, -0.1) is 0 Å². The van der Waals surface area contributed by atoms with Crippen LogP contribution in [0.15, 0.2) is 24.5 Å². The maximum absolute atomic E-state index is 5.99. The highest BCUT2D eigenvalue weighted by Gasteiger charge is 2.12. The van der Waals surface area contributed by atoms with Crippen molar-refractivity contribution < 1.29 is 4.74 Å². The van der Waals surface area contributed by atoms with Gasteiger partial charge in [-0.25, -0.2) is 9.97 Å². The quantitative estimate of drug-likeness (QED) is 0.861. The first kappa shape index (κ1) is 15.3. The molecule has 0 aliphatic carbocycles. The van der Waals surface area contributed by atoms with Gasteiger partial charge in [-0.1, -0.05) is 19.4 Å². The van der Waals surface area contributed by atoms with Gasteiger partial charge in [0, 0.05) is 6.54 Å². The fourth-order valence-corrected chi connectivity index (χ4v) is 2.17. The van der Waals surface area contributed by atoms with Gasteiger partial charge in [-0.05, 0) is 50.5 Å². The Bertz CT molecular complexity index is 611. The van der Waals surface area contributed by atoms with Gasteiger partial charge in [0.25, 0.3) is 0 Å². The lowest BCUT2D eigenvalue weighted by Crippen LogP contribution is -2.06. The van der Waals surface area contributed by atoms with Crippen LogP contribution in [-0.4, -0.2) is 16.5 Å². The van der Waals surface area contributed by atoms with Crippen LogP contribution in [0.25, 0.3) is 0 Å². The summed E-state index contributed by atoms with van der Waals surface area (Å²) in [6.07, 6.45) is 3.46. The highest BCUT2D eigenvalue weighted by atomic mass is 16.5. The number of ether oxygens (including phenoxy) is 1. The highest BCUT2D eigenvalue weighted by Crippen LogP contribution is 2.29. The summed E-state index contributed by atoms with van der Waals surface area (Å²) in [7, 11) is 0. The summed E-state index contributed by atoms with van der Waals surface area (Å²) in [6.45, 7) is 9.20. The summed E-state index contributed by atoms with van der Waals surface area (Å²) in [5.41, 5.74) is 3.51. The molecule has 0 fully saturated rings. The SMILES string of the molecule is CCCc1c(NCC)ncnc1Oc1ccc(C)c(C)c1. The molecule has 2 rings (SSSR count). The van der Waals surface area contributed by atoms with Gasteiger partial charge >= 0.3 is 0 Å². The summed E-state index contributed by atoms with van der Waals surface area (Å²) in [6, 6.07) is 6.09. The zero-order chi connectivity index (χ0) is 15.2. The molecule has 0 aliphatic heterocycles. The van der Waals surface area contributed by atoms with Crippen molar-refractivity contribution in [2.75, 3.05) is 11.9 Å². The number of hydrogen-bond donors (Lipinski definition) is 1.